The van der Waals surface area contributed by atoms with Crippen LogP contribution in [0.3, 0.4) is 0 Å². The smallest absolute Gasteiger partial charge is 0.145 e. The molecule has 4 heterocycles. The van der Waals surface area contributed by atoms with E-state index >= 15 is 0 Å². The Bertz CT molecular complexity index is 4340. The van der Waals surface area contributed by atoms with Gasteiger partial charge in [-0.25, -0.2) is 4.98 Å². The van der Waals surface area contributed by atoms with Crippen molar-refractivity contribution in [3.8, 4) is 44.9 Å². The molecule has 3 aromatic heterocycles. The highest BCUT2D eigenvalue weighted by atomic mass is 16.5. The number of pyridine rings is 1. The highest BCUT2D eigenvalue weighted by molar-refractivity contribution is 6.27. The quantitative estimate of drug-likeness (QED) is 0.159. The number of hydrogen-bond donors (Lipinski definition) is 0. The van der Waals surface area contributed by atoms with E-state index in [1.807, 2.05) is 6.20 Å². The third-order valence-corrected chi connectivity index (χ3v) is 15.2. The normalized spacial score (nSPS) is 12.6. The van der Waals surface area contributed by atoms with Crippen molar-refractivity contribution < 1.29 is 4.74 Å². The summed E-state index contributed by atoms with van der Waals surface area (Å²) in [5.41, 5.74) is 16.0. The molecular weight excluding hydrogens is 913 g/mol. The van der Waals surface area contributed by atoms with Crippen LogP contribution in [0.2, 0.25) is 0 Å². The number of para-hydroxylation sites is 4. The Labute approximate surface area is 436 Å². The van der Waals surface area contributed by atoms with Gasteiger partial charge in [-0.1, -0.05) is 203 Å². The summed E-state index contributed by atoms with van der Waals surface area (Å²) in [5, 5.41) is 9.20. The fourth-order valence-corrected chi connectivity index (χ4v) is 11.7. The Kier molecular flexibility index (Phi) is 10.4. The van der Waals surface area contributed by atoms with Crippen molar-refractivity contribution in [3.63, 3.8) is 0 Å². The van der Waals surface area contributed by atoms with Crippen LogP contribution in [0.15, 0.2) is 249 Å². The van der Waals surface area contributed by atoms with E-state index in [4.69, 9.17) is 9.72 Å². The lowest BCUT2D eigenvalue weighted by Gasteiger charge is -2.27. The molecule has 14 rings (SSSR count). The van der Waals surface area contributed by atoms with Crippen LogP contribution in [-0.4, -0.2) is 16.1 Å². The van der Waals surface area contributed by atoms with E-state index in [0.717, 1.165) is 72.2 Å². The number of anilines is 4. The summed E-state index contributed by atoms with van der Waals surface area (Å²) in [6.45, 7) is 7.43. The van der Waals surface area contributed by atoms with Crippen LogP contribution in [0.25, 0.3) is 93.2 Å². The maximum absolute atomic E-state index is 6.98. The van der Waals surface area contributed by atoms with Crippen molar-refractivity contribution in [2.24, 2.45) is 0 Å². The maximum atomic E-state index is 6.98. The van der Waals surface area contributed by atoms with Gasteiger partial charge in [0, 0.05) is 56.7 Å². The van der Waals surface area contributed by atoms with Gasteiger partial charge >= 0.3 is 0 Å². The molecule has 10 aromatic carbocycles. The Balaban J connectivity index is 0.914. The van der Waals surface area contributed by atoms with Gasteiger partial charge in [0.25, 0.3) is 0 Å². The summed E-state index contributed by atoms with van der Waals surface area (Å²) in [6.07, 6.45) is 1.92. The third-order valence-electron chi connectivity index (χ3n) is 15.2. The van der Waals surface area contributed by atoms with Crippen LogP contribution in [0.5, 0.6) is 11.5 Å². The van der Waals surface area contributed by atoms with Gasteiger partial charge < -0.3 is 14.5 Å². The van der Waals surface area contributed by atoms with Gasteiger partial charge in [0.1, 0.15) is 23.8 Å². The number of benzene rings is 10. The topological polar surface area (TPSA) is 33.0 Å². The first-order valence-corrected chi connectivity index (χ1v) is 25.9. The molecule has 0 saturated heterocycles. The largest absolute Gasteiger partial charge is 0.457 e. The molecule has 5 heteroatoms. The predicted molar refractivity (Wildman–Crippen MR) is 315 cm³/mol. The molecule has 1 aliphatic rings. The molecule has 0 aliphatic carbocycles. The number of ether oxygens (including phenoxy) is 1. The minimum absolute atomic E-state index is 0.0531. The van der Waals surface area contributed by atoms with Gasteiger partial charge in [0.15, 0.2) is 0 Å². The lowest BCUT2D eigenvalue weighted by molar-refractivity contribution is 0.483. The van der Waals surface area contributed by atoms with E-state index in [-0.39, 0.29) is 5.41 Å². The molecule has 0 spiro atoms. The summed E-state index contributed by atoms with van der Waals surface area (Å²) in [6, 6.07) is 87.7. The molecule has 0 unspecified atom stereocenters. The molecule has 0 amide bonds. The fourth-order valence-electron chi connectivity index (χ4n) is 11.7. The van der Waals surface area contributed by atoms with Gasteiger partial charge in [0.05, 0.1) is 28.1 Å². The summed E-state index contributed by atoms with van der Waals surface area (Å²) in [4.78, 5) is 10.1. The summed E-state index contributed by atoms with van der Waals surface area (Å²) in [5.74, 6) is 1.50. The van der Waals surface area contributed by atoms with Crippen LogP contribution in [0.1, 0.15) is 26.3 Å². The first kappa shape index (κ1) is 44.3. The molecule has 13 aromatic rings. The molecule has 75 heavy (non-hydrogen) atoms. The minimum atomic E-state index is 0.0531. The van der Waals surface area contributed by atoms with Gasteiger partial charge in [-0.2, -0.15) is 0 Å². The van der Waals surface area contributed by atoms with Crippen molar-refractivity contribution in [1.82, 2.24) is 9.38 Å². The summed E-state index contributed by atoms with van der Waals surface area (Å²) < 4.78 is 9.36. The number of nitrogens with zero attached hydrogens (tertiary/aromatic N) is 4. The van der Waals surface area contributed by atoms with Crippen LogP contribution in [0.4, 0.5) is 22.7 Å². The van der Waals surface area contributed by atoms with Crippen LogP contribution in [-0.2, 0) is 5.41 Å². The highest BCUT2D eigenvalue weighted by Gasteiger charge is 2.31. The van der Waals surface area contributed by atoms with E-state index in [2.05, 4.69) is 278 Å². The number of hydrogen-bond acceptors (Lipinski definition) is 4. The zero-order chi connectivity index (χ0) is 50.2. The molecule has 0 radical (unpaired) electrons. The monoisotopic (exact) mass is 964 g/mol. The molecular formula is C70H52N4O. The van der Waals surface area contributed by atoms with Crippen molar-refractivity contribution in [1.29, 1.82) is 0 Å². The molecule has 0 saturated carbocycles. The first-order valence-electron chi connectivity index (χ1n) is 25.9. The zero-order valence-corrected chi connectivity index (χ0v) is 42.1. The van der Waals surface area contributed by atoms with Gasteiger partial charge in [-0.05, 0) is 103 Å². The highest BCUT2D eigenvalue weighted by Crippen LogP contribution is 2.51. The second-order valence-electron chi connectivity index (χ2n) is 20.7. The Morgan fingerprint density at radius 3 is 1.69 bits per heavy atom. The van der Waals surface area contributed by atoms with E-state index in [1.165, 1.54) is 60.8 Å². The van der Waals surface area contributed by atoms with Crippen LogP contribution < -0.4 is 14.5 Å². The number of fused-ring (bicyclic) bond motifs is 11. The zero-order valence-electron chi connectivity index (χ0n) is 42.1. The molecule has 0 atom stereocenters. The van der Waals surface area contributed by atoms with Crippen LogP contribution in [0, 0.1) is 0 Å². The maximum Gasteiger partial charge on any atom is 0.145 e. The number of aromatic nitrogens is 2. The summed E-state index contributed by atoms with van der Waals surface area (Å²) in [7, 11) is 0. The van der Waals surface area contributed by atoms with Crippen molar-refractivity contribution >= 4 is 82.5 Å². The lowest BCUT2D eigenvalue weighted by Crippen LogP contribution is -2.24. The fraction of sp³-hybridized carbons (Fsp3) is 0.0714. The van der Waals surface area contributed by atoms with E-state index in [0.29, 0.717) is 6.67 Å². The van der Waals surface area contributed by atoms with Crippen molar-refractivity contribution in [3.05, 3.63) is 254 Å². The predicted octanol–water partition coefficient (Wildman–Crippen LogP) is 19.0. The molecule has 1 aliphatic heterocycles. The molecule has 0 bridgehead atoms. The Morgan fingerprint density at radius 2 is 0.960 bits per heavy atom. The second kappa shape index (κ2) is 17.6. The average molecular weight is 965 g/mol. The van der Waals surface area contributed by atoms with Crippen LogP contribution >= 0.6 is 0 Å². The third kappa shape index (κ3) is 7.42. The average Bonchev–Trinajstić information content (AvgIpc) is 4.07. The van der Waals surface area contributed by atoms with E-state index in [9.17, 15) is 0 Å². The first-order chi connectivity index (χ1) is 36.9. The van der Waals surface area contributed by atoms with Gasteiger partial charge in [-0.3, -0.25) is 4.40 Å². The molecule has 358 valence electrons. The Morgan fingerprint density at radius 1 is 0.413 bits per heavy atom. The molecule has 0 N–H and O–H groups in total. The van der Waals surface area contributed by atoms with Gasteiger partial charge in [-0.15, -0.1) is 0 Å². The molecule has 5 nitrogen and oxygen atoms in total. The minimum Gasteiger partial charge on any atom is -0.457 e. The standard InChI is InChI=1S/C70H52N4O/c1-70(2,3)49-38-36-48(37-39-49)53-27-15-30-59-61-32-17-31-60-57-41-40-52(44-65(57)74(68(60)61)69-62(33-18-42-71-69)56-25-10-11-26-58(56)66(53)59)75-51-24-14-23-50(43-51)72-45-73(64-35-13-12-34-63(64)72)67-54(46-19-6-4-7-20-46)28-16-29-55(67)47-21-8-5-9-22-47/h4-44H,45H2,1-3H3. The Hall–Kier alpha value is -9.45. The number of rotatable bonds is 7. The summed E-state index contributed by atoms with van der Waals surface area (Å²) >= 11 is 0. The van der Waals surface area contributed by atoms with Gasteiger partial charge in [0.2, 0.25) is 0 Å². The lowest BCUT2D eigenvalue weighted by atomic mass is 9.85. The molecule has 0 fully saturated rings. The second-order valence-corrected chi connectivity index (χ2v) is 20.7. The van der Waals surface area contributed by atoms with Crippen molar-refractivity contribution in [2.75, 3.05) is 16.5 Å². The van der Waals surface area contributed by atoms with E-state index < -0.39 is 0 Å². The SMILES string of the molecule is CC(C)(C)c1ccc(-c2cccc3c4cccc5c6ccc(Oc7cccc(N8CN(c9c(-c%10ccccc%10)cccc9-c9ccccc9)c9ccccc98)c7)cc6n(c6ncccc6c6ccccc6c23)c45)cc1. The van der Waals surface area contributed by atoms with Crippen molar-refractivity contribution in [2.45, 2.75) is 26.2 Å². The van der Waals surface area contributed by atoms with E-state index in [1.54, 1.807) is 0 Å².